The third-order valence-corrected chi connectivity index (χ3v) is 24.0. The van der Waals surface area contributed by atoms with E-state index in [1.807, 2.05) is 0 Å². The van der Waals surface area contributed by atoms with Crippen molar-refractivity contribution >= 4 is 194 Å². The van der Waals surface area contributed by atoms with Gasteiger partial charge in [0.05, 0.1) is 93.0 Å². The first-order chi connectivity index (χ1) is 47.7. The number of sulfonamides is 3. The number of carbonyl (C=O) groups is 2. The monoisotopic (exact) mass is 1570 g/mol. The number of sulfone groups is 2. The molecule has 0 radical (unpaired) electrons. The molecule has 5 heterocycles. The Morgan fingerprint density at radius 3 is 1.00 bits per heavy atom. The number of ether oxygens (including phenoxy) is 2. The highest BCUT2D eigenvalue weighted by molar-refractivity contribution is 7.92. The highest BCUT2D eigenvalue weighted by Crippen LogP contribution is 2.44. The van der Waals surface area contributed by atoms with Gasteiger partial charge < -0.3 is 71.9 Å². The molecule has 0 spiro atoms. The molecule has 8 bridgehead atoms. The van der Waals surface area contributed by atoms with E-state index >= 15 is 0 Å². The first kappa shape index (κ1) is 73.3. The fourth-order valence-corrected chi connectivity index (χ4v) is 16.4. The minimum atomic E-state index is -4.97. The fourth-order valence-electron chi connectivity index (χ4n) is 10.4. The molecule has 48 heteroatoms. The Bertz CT molecular complexity index is 5870. The summed E-state index contributed by atoms with van der Waals surface area (Å²) in [5.74, 6) is -1.34. The highest BCUT2D eigenvalue weighted by Gasteiger charge is 2.28. The molecular formula is C54H55N15O25S8. The molecule has 10 aromatic rings. The number of nitrogens with one attached hydrogen (secondary N) is 14. The van der Waals surface area contributed by atoms with Crippen molar-refractivity contribution in [3.63, 3.8) is 0 Å². The van der Waals surface area contributed by atoms with Crippen molar-refractivity contribution in [1.29, 1.82) is 0 Å². The van der Waals surface area contributed by atoms with Crippen LogP contribution >= 0.6 is 0 Å². The molecule has 4 aromatic heterocycles. The number of H-pyrrole nitrogens is 4. The Morgan fingerprint density at radius 2 is 0.686 bits per heavy atom. The van der Waals surface area contributed by atoms with Gasteiger partial charge in [0.15, 0.2) is 19.7 Å². The summed E-state index contributed by atoms with van der Waals surface area (Å²) in [5.41, 5.74) is -0.463. The van der Waals surface area contributed by atoms with E-state index < -0.39 is 155 Å². The van der Waals surface area contributed by atoms with Crippen molar-refractivity contribution in [3.8, 4) is 11.5 Å². The van der Waals surface area contributed by atoms with Crippen LogP contribution in [0.4, 0.5) is 67.5 Å². The number of primary sulfonamides is 1. The van der Waals surface area contributed by atoms with Gasteiger partial charge in [-0.1, -0.05) is 0 Å². The molecule has 0 saturated carbocycles. The standard InChI is InChI=1S/C54H55N15O25S8/c1-91-43-13-7-27(95(72,73)17-15-93-101(85,86)87)23-41(43)60-53(70)56-25-58-98(78,79)30-4-10-34-38(20-30)50-64-45-33-9-3-29(97(55,76)77)19-37(33)49(62-45)63-48-36-12-6-32(100(82,83)84)22-40(36)52(69-48)68-47-35-11-5-31(21-39(35)51(67-47)66-46(34)65-50)99(80,81)59-26-57-54(71)61-42-24-28(8-14-44(42)92-2)96(74,75)18-16-94-102(88,89)90/h3-14,19-24,58-59,62-69H,15-18,25-26H2,1-2H3,(H2,55,76,77)(H2,56,60,70)(H2,57,61,71)(H,82,83,84)(H,85,86,87)(H,88,89,90). The number of rotatable bonds is 24. The lowest BCUT2D eigenvalue weighted by Crippen LogP contribution is -2.39. The molecule has 0 atom stereocenters. The van der Waals surface area contributed by atoms with E-state index in [4.69, 9.17) is 23.7 Å². The maximum absolute atomic E-state index is 14.2. The second-order valence-electron chi connectivity index (χ2n) is 21.6. The van der Waals surface area contributed by atoms with Crippen molar-refractivity contribution in [2.45, 2.75) is 29.4 Å². The zero-order valence-corrected chi connectivity index (χ0v) is 58.3. The summed E-state index contributed by atoms with van der Waals surface area (Å²) >= 11 is 0. The van der Waals surface area contributed by atoms with Gasteiger partial charge in [0.25, 0.3) is 10.1 Å². The molecule has 1 aliphatic rings. The molecule has 544 valence electrons. The van der Waals surface area contributed by atoms with Gasteiger partial charge >= 0.3 is 32.9 Å². The van der Waals surface area contributed by atoms with Crippen molar-refractivity contribution in [2.75, 3.05) is 84.2 Å². The van der Waals surface area contributed by atoms with Crippen LogP contribution in [-0.2, 0) is 89.0 Å². The Morgan fingerprint density at radius 1 is 0.392 bits per heavy atom. The van der Waals surface area contributed by atoms with Crippen LogP contribution in [0.15, 0.2) is 139 Å². The summed E-state index contributed by atoms with van der Waals surface area (Å²) in [6, 6.07) is 19.3. The largest absolute Gasteiger partial charge is 0.495 e. The molecule has 102 heavy (non-hydrogen) atoms. The van der Waals surface area contributed by atoms with Crippen molar-refractivity contribution in [3.05, 3.63) is 109 Å². The Labute approximate surface area is 577 Å². The number of nitrogens with two attached hydrogens (primary N) is 1. The molecule has 4 amide bonds. The second kappa shape index (κ2) is 27.5. The molecule has 0 saturated heterocycles. The number of aromatic amines is 4. The number of hydrogen-bond acceptors (Lipinski definition) is 26. The van der Waals surface area contributed by atoms with Gasteiger partial charge in [-0.25, -0.2) is 65.2 Å². The van der Waals surface area contributed by atoms with Crippen LogP contribution < -0.4 is 66.6 Å². The molecular weight excluding hydrogens is 1520 g/mol. The van der Waals surface area contributed by atoms with Gasteiger partial charge in [-0.15, -0.1) is 0 Å². The van der Waals surface area contributed by atoms with Gasteiger partial charge in [0.1, 0.15) is 58.0 Å². The quantitative estimate of drug-likeness (QED) is 0.0299. The molecule has 11 rings (SSSR count). The molecule has 1 aliphatic heterocycles. The lowest BCUT2D eigenvalue weighted by molar-refractivity contribution is 0.251. The van der Waals surface area contributed by atoms with Gasteiger partial charge in [-0.05, 0) is 109 Å². The van der Waals surface area contributed by atoms with Crippen LogP contribution in [0.5, 0.6) is 11.5 Å². The van der Waals surface area contributed by atoms with E-state index in [1.165, 1.54) is 80.9 Å². The number of urea groups is 2. The number of anilines is 10. The summed E-state index contributed by atoms with van der Waals surface area (Å²) in [6.07, 6.45) is 0. The predicted molar refractivity (Wildman–Crippen MR) is 367 cm³/mol. The molecule has 0 unspecified atom stereocenters. The van der Waals surface area contributed by atoms with E-state index in [0.29, 0.717) is 5.39 Å². The molecule has 19 N–H and O–H groups in total. The lowest BCUT2D eigenvalue weighted by atomic mass is 10.1. The van der Waals surface area contributed by atoms with Gasteiger partial charge in [0.2, 0.25) is 30.1 Å². The number of amides is 4. The fraction of sp³-hybridized carbons (Fsp3) is 0.148. The molecule has 0 aliphatic carbocycles. The lowest BCUT2D eigenvalue weighted by Gasteiger charge is -2.14. The van der Waals surface area contributed by atoms with Crippen molar-refractivity contribution in [1.82, 2.24) is 40.0 Å². The topological polar surface area (TPSA) is 614 Å². The van der Waals surface area contributed by atoms with Crippen LogP contribution in [0.25, 0.3) is 43.1 Å². The number of carbonyl (C=O) groups excluding carboxylic acids is 2. The van der Waals surface area contributed by atoms with Crippen molar-refractivity contribution < 1.29 is 108 Å². The van der Waals surface area contributed by atoms with Crippen LogP contribution in [0.2, 0.25) is 0 Å². The van der Waals surface area contributed by atoms with E-state index in [-0.39, 0.29) is 112 Å². The van der Waals surface area contributed by atoms with E-state index in [0.717, 1.165) is 42.5 Å². The summed E-state index contributed by atoms with van der Waals surface area (Å²) in [7, 11) is -34.6. The molecule has 6 aromatic carbocycles. The normalized spacial score (nSPS) is 13.2. The average molecular weight is 1570 g/mol. The zero-order valence-electron chi connectivity index (χ0n) is 51.8. The number of fused-ring (bicyclic) bond motifs is 20. The smallest absolute Gasteiger partial charge is 0.397 e. The van der Waals surface area contributed by atoms with Gasteiger partial charge in [-0.2, -0.15) is 34.7 Å². The number of methoxy groups -OCH3 is 2. The SMILES string of the molecule is COc1ccc(S(=O)(=O)CCOS(=O)(=O)O)cc1NC(=O)NCNS(=O)(=O)c1ccc2c3[nH]c(c2c1)Nc1[nH]c(c2cc(S(N)(=O)=O)ccc12)Nc1[nH]c(c2cc(S(=O)(=O)O)ccc12)Nc1[nH]c(c2cc(S(=O)(=O)NCNC(=O)Nc4cc(S(=O)(=O)CCOS(=O)(=O)O)ccc4OC)ccc12)N3. The highest BCUT2D eigenvalue weighted by atomic mass is 32.3. The first-order valence-corrected chi connectivity index (χ1v) is 40.5. The van der Waals surface area contributed by atoms with E-state index in [1.54, 1.807) is 0 Å². The summed E-state index contributed by atoms with van der Waals surface area (Å²) in [5, 5.41) is 29.2. The predicted octanol–water partition coefficient (Wildman–Crippen LogP) is 4.11. The Balaban J connectivity index is 0.934. The van der Waals surface area contributed by atoms with E-state index in [2.05, 4.69) is 80.3 Å². The van der Waals surface area contributed by atoms with Crippen LogP contribution in [-0.4, -0.2) is 165 Å². The van der Waals surface area contributed by atoms with Crippen LogP contribution in [0.3, 0.4) is 0 Å². The Hall–Kier alpha value is -9.90. The number of aromatic nitrogens is 4. The molecule has 40 nitrogen and oxygen atoms in total. The number of benzene rings is 6. The van der Waals surface area contributed by atoms with E-state index in [9.17, 15) is 81.5 Å². The number of hydrogen-bond donors (Lipinski definition) is 18. The maximum Gasteiger partial charge on any atom is 0.397 e. The summed E-state index contributed by atoms with van der Waals surface area (Å²) in [6.45, 7) is -3.50. The van der Waals surface area contributed by atoms with Gasteiger partial charge in [0, 0.05) is 43.1 Å². The van der Waals surface area contributed by atoms with Crippen LogP contribution in [0.1, 0.15) is 0 Å². The minimum absolute atomic E-state index is 0.0166. The molecule has 0 fully saturated rings. The Kier molecular flexibility index (Phi) is 19.7. The second-order valence-corrected chi connectivity index (χ2v) is 34.5. The first-order valence-electron chi connectivity index (χ1n) is 28.5. The summed E-state index contributed by atoms with van der Waals surface area (Å²) in [4.78, 5) is 36.6. The maximum atomic E-state index is 14.2. The zero-order chi connectivity index (χ0) is 73.9. The third-order valence-electron chi connectivity index (χ3n) is 15.1. The third kappa shape index (κ3) is 16.2. The summed E-state index contributed by atoms with van der Waals surface area (Å²) < 4.78 is 255. The van der Waals surface area contributed by atoms with Crippen molar-refractivity contribution in [2.24, 2.45) is 5.14 Å². The minimum Gasteiger partial charge on any atom is -0.495 e. The van der Waals surface area contributed by atoms with Crippen LogP contribution in [0, 0.1) is 0 Å². The average Bonchev–Trinajstić information content (AvgIpc) is 1.59. The van der Waals surface area contributed by atoms with Gasteiger partial charge in [-0.3, -0.25) is 13.7 Å².